The van der Waals surface area contributed by atoms with Crippen molar-refractivity contribution in [1.29, 1.82) is 0 Å². The zero-order chi connectivity index (χ0) is 25.7. The number of hydrogen-bond acceptors (Lipinski definition) is 4. The Balaban J connectivity index is 1.46. The van der Waals surface area contributed by atoms with Gasteiger partial charge in [-0.3, -0.25) is 14.5 Å². The van der Waals surface area contributed by atoms with Gasteiger partial charge in [0.05, 0.1) is 19.6 Å². The number of hydrogen-bond donors (Lipinski definition) is 2. The van der Waals surface area contributed by atoms with Crippen molar-refractivity contribution in [2.75, 3.05) is 26.2 Å². The van der Waals surface area contributed by atoms with Crippen LogP contribution in [0.3, 0.4) is 0 Å². The zero-order valence-electron chi connectivity index (χ0n) is 21.5. The molecular formula is C31H37N3O3. The topological polar surface area (TPSA) is 70.7 Å². The van der Waals surface area contributed by atoms with Crippen molar-refractivity contribution in [3.05, 3.63) is 101 Å². The molecule has 6 nitrogen and oxygen atoms in total. The number of amides is 2. The summed E-state index contributed by atoms with van der Waals surface area (Å²) in [4.78, 5) is 27.5. The molecule has 3 aromatic carbocycles. The Morgan fingerprint density at radius 1 is 0.865 bits per heavy atom. The van der Waals surface area contributed by atoms with Gasteiger partial charge in [-0.15, -0.1) is 0 Å². The first kappa shape index (κ1) is 26.4. The highest BCUT2D eigenvalue weighted by molar-refractivity contribution is 5.79. The van der Waals surface area contributed by atoms with Gasteiger partial charge in [0.1, 0.15) is 5.75 Å². The summed E-state index contributed by atoms with van der Waals surface area (Å²) in [7, 11) is 0. The third kappa shape index (κ3) is 9.07. The van der Waals surface area contributed by atoms with E-state index in [1.807, 2.05) is 48.5 Å². The average Bonchev–Trinajstić information content (AvgIpc) is 2.91. The smallest absolute Gasteiger partial charge is 0.234 e. The summed E-state index contributed by atoms with van der Waals surface area (Å²) in [5.41, 5.74) is 4.29. The Morgan fingerprint density at radius 3 is 2.41 bits per heavy atom. The van der Waals surface area contributed by atoms with E-state index in [1.54, 1.807) is 0 Å². The van der Waals surface area contributed by atoms with Crippen molar-refractivity contribution in [1.82, 2.24) is 15.5 Å². The van der Waals surface area contributed by atoms with Crippen molar-refractivity contribution in [2.45, 2.75) is 45.2 Å². The lowest BCUT2D eigenvalue weighted by molar-refractivity contribution is -0.122. The molecule has 3 aromatic rings. The second kappa shape index (κ2) is 14.2. The third-order valence-corrected chi connectivity index (χ3v) is 6.48. The molecule has 1 aliphatic heterocycles. The summed E-state index contributed by atoms with van der Waals surface area (Å²) in [6.07, 6.45) is 4.00. The predicted octanol–water partition coefficient (Wildman–Crippen LogP) is 4.27. The lowest BCUT2D eigenvalue weighted by Crippen LogP contribution is -2.37. The molecule has 2 N–H and O–H groups in total. The predicted molar refractivity (Wildman–Crippen MR) is 146 cm³/mol. The lowest BCUT2D eigenvalue weighted by atomic mass is 10.1. The van der Waals surface area contributed by atoms with E-state index in [0.717, 1.165) is 48.1 Å². The Bertz CT molecular complexity index is 1130. The number of carbonyl (C=O) groups is 2. The van der Waals surface area contributed by atoms with Gasteiger partial charge in [-0.05, 0) is 48.4 Å². The first-order chi connectivity index (χ1) is 18.2. The van der Waals surface area contributed by atoms with Crippen LogP contribution in [0, 0.1) is 0 Å². The van der Waals surface area contributed by atoms with E-state index in [9.17, 15) is 9.59 Å². The van der Waals surface area contributed by atoms with Gasteiger partial charge >= 0.3 is 0 Å². The van der Waals surface area contributed by atoms with Crippen LogP contribution in [0.1, 0.15) is 41.5 Å². The second-order valence-electron chi connectivity index (χ2n) is 9.59. The number of rotatable bonds is 7. The minimum absolute atomic E-state index is 0.00182. The normalized spacial score (nSPS) is 15.2. The number of nitrogens with one attached hydrogen (secondary N) is 2. The van der Waals surface area contributed by atoms with Crippen LogP contribution in [0.25, 0.3) is 0 Å². The Kier molecular flexibility index (Phi) is 10.1. The maximum atomic E-state index is 12.7. The Labute approximate surface area is 220 Å². The van der Waals surface area contributed by atoms with Crippen LogP contribution in [-0.2, 0) is 35.5 Å². The van der Waals surface area contributed by atoms with E-state index in [1.165, 1.54) is 5.56 Å². The van der Waals surface area contributed by atoms with Gasteiger partial charge in [0.15, 0.2) is 0 Å². The summed E-state index contributed by atoms with van der Waals surface area (Å²) >= 11 is 0. The number of carbonyl (C=O) groups excluding carboxylic acids is 2. The van der Waals surface area contributed by atoms with Crippen molar-refractivity contribution in [2.24, 2.45) is 0 Å². The van der Waals surface area contributed by atoms with Crippen LogP contribution >= 0.6 is 0 Å². The van der Waals surface area contributed by atoms with Crippen LogP contribution in [0.5, 0.6) is 5.75 Å². The molecule has 0 unspecified atom stereocenters. The quantitative estimate of drug-likeness (QED) is 0.509. The molecule has 2 amide bonds. The molecule has 6 heteroatoms. The molecule has 37 heavy (non-hydrogen) atoms. The zero-order valence-corrected chi connectivity index (χ0v) is 21.5. The molecule has 194 valence electrons. The van der Waals surface area contributed by atoms with E-state index in [2.05, 4.69) is 45.9 Å². The number of ether oxygens (including phenoxy) is 1. The van der Waals surface area contributed by atoms with Crippen LogP contribution in [-0.4, -0.2) is 43.0 Å². The third-order valence-electron chi connectivity index (χ3n) is 6.48. The molecule has 1 aliphatic rings. The van der Waals surface area contributed by atoms with Crippen molar-refractivity contribution >= 4 is 11.8 Å². The lowest BCUT2D eigenvalue weighted by Gasteiger charge is -2.23. The molecule has 0 bridgehead atoms. The van der Waals surface area contributed by atoms with E-state index in [0.29, 0.717) is 45.8 Å². The van der Waals surface area contributed by atoms with Gasteiger partial charge < -0.3 is 15.4 Å². The Hall–Kier alpha value is -3.64. The molecule has 1 heterocycles. The molecule has 4 rings (SSSR count). The van der Waals surface area contributed by atoms with Crippen LogP contribution in [0.2, 0.25) is 0 Å². The van der Waals surface area contributed by atoms with Crippen molar-refractivity contribution < 1.29 is 14.3 Å². The van der Waals surface area contributed by atoms with Gasteiger partial charge in [0, 0.05) is 31.7 Å². The minimum atomic E-state index is 0.00182. The van der Waals surface area contributed by atoms with E-state index in [4.69, 9.17) is 4.74 Å². The van der Waals surface area contributed by atoms with Crippen LogP contribution in [0.4, 0.5) is 0 Å². The summed E-state index contributed by atoms with van der Waals surface area (Å²) in [6.45, 7) is 3.45. The highest BCUT2D eigenvalue weighted by atomic mass is 16.5. The van der Waals surface area contributed by atoms with Crippen molar-refractivity contribution in [3.8, 4) is 5.75 Å². The van der Waals surface area contributed by atoms with Crippen LogP contribution < -0.4 is 15.4 Å². The molecular weight excluding hydrogens is 462 g/mol. The first-order valence-electron chi connectivity index (χ1n) is 13.2. The molecule has 0 spiro atoms. The highest BCUT2D eigenvalue weighted by Crippen LogP contribution is 2.24. The van der Waals surface area contributed by atoms with Crippen molar-refractivity contribution in [3.63, 3.8) is 0 Å². The summed E-state index contributed by atoms with van der Waals surface area (Å²) in [5, 5.41) is 6.09. The summed E-state index contributed by atoms with van der Waals surface area (Å²) in [6, 6.07) is 26.3. The van der Waals surface area contributed by atoms with E-state index in [-0.39, 0.29) is 11.8 Å². The molecule has 0 aromatic heterocycles. The average molecular weight is 500 g/mol. The summed E-state index contributed by atoms with van der Waals surface area (Å²) < 4.78 is 6.17. The molecule has 0 fully saturated rings. The van der Waals surface area contributed by atoms with E-state index < -0.39 is 0 Å². The first-order valence-corrected chi connectivity index (χ1v) is 13.2. The van der Waals surface area contributed by atoms with Gasteiger partial charge in [-0.25, -0.2) is 0 Å². The molecule has 0 saturated carbocycles. The molecule has 0 aliphatic carbocycles. The van der Waals surface area contributed by atoms with Gasteiger partial charge in [-0.1, -0.05) is 72.8 Å². The van der Waals surface area contributed by atoms with Gasteiger partial charge in [0.2, 0.25) is 11.8 Å². The number of nitrogens with zero attached hydrogens (tertiary/aromatic N) is 1. The van der Waals surface area contributed by atoms with Gasteiger partial charge in [-0.2, -0.15) is 0 Å². The maximum Gasteiger partial charge on any atom is 0.234 e. The standard InChI is InChI=1S/C31H37N3O3/c35-30(33-18-16-25-10-4-1-5-11-25)21-27-14-15-29-28(20-27)23-34(22-26-12-6-2-7-13-26)24-31(36)32-17-8-3-9-19-37-29/h1-2,4-7,10-15,20H,3,8-9,16-19,21-24H2,(H,32,36)(H,33,35). The maximum absolute atomic E-state index is 12.7. The SMILES string of the molecule is O=C(Cc1ccc2c(c1)CN(Cc1ccccc1)CC(=O)NCCCCCO2)NCCc1ccccc1. The van der Waals surface area contributed by atoms with E-state index >= 15 is 0 Å². The number of fused-ring (bicyclic) bond motifs is 1. The minimum Gasteiger partial charge on any atom is -0.493 e. The fourth-order valence-corrected chi connectivity index (χ4v) is 4.57. The molecule has 0 atom stereocenters. The fraction of sp³-hybridized carbons (Fsp3) is 0.355. The number of benzene rings is 3. The largest absolute Gasteiger partial charge is 0.493 e. The monoisotopic (exact) mass is 499 g/mol. The van der Waals surface area contributed by atoms with Crippen LogP contribution in [0.15, 0.2) is 78.9 Å². The van der Waals surface area contributed by atoms with Gasteiger partial charge in [0.25, 0.3) is 0 Å². The highest BCUT2D eigenvalue weighted by Gasteiger charge is 2.17. The fourth-order valence-electron chi connectivity index (χ4n) is 4.57. The Morgan fingerprint density at radius 2 is 1.62 bits per heavy atom. The molecule has 0 saturated heterocycles. The summed E-state index contributed by atoms with van der Waals surface area (Å²) in [5.74, 6) is 0.861. The molecule has 0 radical (unpaired) electrons. The second-order valence-corrected chi connectivity index (χ2v) is 9.59.